The first kappa shape index (κ1) is 20.1. The zero-order valence-corrected chi connectivity index (χ0v) is 17.1. The minimum absolute atomic E-state index is 0.292. The Balaban J connectivity index is 1.48. The summed E-state index contributed by atoms with van der Waals surface area (Å²) in [4.78, 5) is 5.61. The molecule has 29 heavy (non-hydrogen) atoms. The Kier molecular flexibility index (Phi) is 5.47. The SMILES string of the molecule is Cc1ccc2c([C@@H](O)CN3CCC[C@@](O)(c4ccc(F)cc4)CC3)c(C)[nH]c2c1. The van der Waals surface area contributed by atoms with Gasteiger partial charge in [-0.05, 0) is 69.0 Å². The molecule has 0 amide bonds. The van der Waals surface area contributed by atoms with Gasteiger partial charge in [0.05, 0.1) is 11.7 Å². The monoisotopic (exact) mass is 396 g/mol. The Bertz CT molecular complexity index is 998. The Labute approximate surface area is 171 Å². The van der Waals surface area contributed by atoms with Crippen LogP contribution in [0.25, 0.3) is 10.9 Å². The van der Waals surface area contributed by atoms with Gasteiger partial charge in [-0.3, -0.25) is 0 Å². The summed E-state index contributed by atoms with van der Waals surface area (Å²) >= 11 is 0. The number of rotatable bonds is 4. The van der Waals surface area contributed by atoms with E-state index in [9.17, 15) is 14.6 Å². The Morgan fingerprint density at radius 2 is 1.86 bits per heavy atom. The molecule has 3 aromatic rings. The number of hydrogen-bond acceptors (Lipinski definition) is 3. The van der Waals surface area contributed by atoms with Crippen LogP contribution < -0.4 is 0 Å². The number of aromatic amines is 1. The quantitative estimate of drug-likeness (QED) is 0.615. The molecule has 0 spiro atoms. The first-order valence-electron chi connectivity index (χ1n) is 10.3. The molecule has 2 heterocycles. The zero-order valence-electron chi connectivity index (χ0n) is 17.1. The molecule has 1 aliphatic rings. The number of aryl methyl sites for hydroxylation is 2. The molecule has 0 saturated carbocycles. The second-order valence-corrected chi connectivity index (χ2v) is 8.42. The van der Waals surface area contributed by atoms with Crippen LogP contribution in [0.3, 0.4) is 0 Å². The van der Waals surface area contributed by atoms with Gasteiger partial charge in [-0.1, -0.05) is 24.3 Å². The van der Waals surface area contributed by atoms with Crippen molar-refractivity contribution < 1.29 is 14.6 Å². The fourth-order valence-corrected chi connectivity index (χ4v) is 4.64. The second kappa shape index (κ2) is 7.90. The first-order valence-corrected chi connectivity index (χ1v) is 10.3. The molecule has 2 aromatic carbocycles. The predicted molar refractivity (Wildman–Crippen MR) is 113 cm³/mol. The summed E-state index contributed by atoms with van der Waals surface area (Å²) in [5.74, 6) is -0.292. The van der Waals surface area contributed by atoms with Crippen LogP contribution in [0, 0.1) is 19.7 Å². The zero-order chi connectivity index (χ0) is 20.6. The molecule has 0 aliphatic carbocycles. The smallest absolute Gasteiger partial charge is 0.123 e. The molecule has 0 bridgehead atoms. The van der Waals surface area contributed by atoms with Crippen LogP contribution in [0.2, 0.25) is 0 Å². The molecule has 2 atom stereocenters. The number of aliphatic hydroxyl groups is 2. The number of hydrogen-bond donors (Lipinski definition) is 3. The van der Waals surface area contributed by atoms with Crippen LogP contribution in [0.5, 0.6) is 0 Å². The highest BCUT2D eigenvalue weighted by Crippen LogP contribution is 2.34. The number of nitrogens with zero attached hydrogens (tertiary/aromatic N) is 1. The number of likely N-dealkylation sites (tertiary alicyclic amines) is 1. The summed E-state index contributed by atoms with van der Waals surface area (Å²) in [6.07, 6.45) is 1.43. The van der Waals surface area contributed by atoms with Gasteiger partial charge in [-0.25, -0.2) is 4.39 Å². The van der Waals surface area contributed by atoms with Crippen molar-refractivity contribution in [1.82, 2.24) is 9.88 Å². The summed E-state index contributed by atoms with van der Waals surface area (Å²) in [6.45, 7) is 6.10. The topological polar surface area (TPSA) is 59.5 Å². The van der Waals surface area contributed by atoms with Crippen molar-refractivity contribution in [2.45, 2.75) is 44.8 Å². The second-order valence-electron chi connectivity index (χ2n) is 8.42. The van der Waals surface area contributed by atoms with Crippen LogP contribution in [-0.2, 0) is 5.60 Å². The maximum Gasteiger partial charge on any atom is 0.123 e. The van der Waals surface area contributed by atoms with E-state index in [1.54, 1.807) is 12.1 Å². The van der Waals surface area contributed by atoms with E-state index in [1.165, 1.54) is 17.7 Å². The normalized spacial score (nSPS) is 22.0. The molecule has 1 aliphatic heterocycles. The van der Waals surface area contributed by atoms with E-state index in [1.807, 2.05) is 6.92 Å². The number of aromatic nitrogens is 1. The lowest BCUT2D eigenvalue weighted by Crippen LogP contribution is -2.32. The molecule has 5 heteroatoms. The van der Waals surface area contributed by atoms with Gasteiger partial charge in [0.25, 0.3) is 0 Å². The number of H-pyrrole nitrogens is 1. The molecular weight excluding hydrogens is 367 g/mol. The van der Waals surface area contributed by atoms with E-state index in [0.29, 0.717) is 25.9 Å². The molecule has 1 saturated heterocycles. The van der Waals surface area contributed by atoms with Gasteiger partial charge in [-0.2, -0.15) is 0 Å². The maximum atomic E-state index is 13.2. The predicted octanol–water partition coefficient (Wildman–Crippen LogP) is 4.33. The minimum Gasteiger partial charge on any atom is -0.387 e. The van der Waals surface area contributed by atoms with Crippen LogP contribution in [0.15, 0.2) is 42.5 Å². The van der Waals surface area contributed by atoms with Gasteiger partial charge in [-0.15, -0.1) is 0 Å². The molecular formula is C24H29FN2O2. The van der Waals surface area contributed by atoms with Gasteiger partial charge in [0.2, 0.25) is 0 Å². The maximum absolute atomic E-state index is 13.2. The van der Waals surface area contributed by atoms with Gasteiger partial charge < -0.3 is 20.1 Å². The van der Waals surface area contributed by atoms with Crippen LogP contribution in [0.4, 0.5) is 4.39 Å². The Morgan fingerprint density at radius 1 is 1.10 bits per heavy atom. The lowest BCUT2D eigenvalue weighted by atomic mass is 9.87. The summed E-state index contributed by atoms with van der Waals surface area (Å²) in [6, 6.07) is 12.4. The highest BCUT2D eigenvalue weighted by atomic mass is 19.1. The summed E-state index contributed by atoms with van der Waals surface area (Å²) in [7, 11) is 0. The largest absolute Gasteiger partial charge is 0.387 e. The van der Waals surface area contributed by atoms with Gasteiger partial charge in [0, 0.05) is 35.2 Å². The molecule has 1 fully saturated rings. The molecule has 154 valence electrons. The van der Waals surface area contributed by atoms with Gasteiger partial charge in [0.1, 0.15) is 5.82 Å². The number of aliphatic hydroxyl groups excluding tert-OH is 1. The van der Waals surface area contributed by atoms with Crippen molar-refractivity contribution in [3.8, 4) is 0 Å². The van der Waals surface area contributed by atoms with Crippen molar-refractivity contribution in [1.29, 1.82) is 0 Å². The molecule has 0 radical (unpaired) electrons. The van der Waals surface area contributed by atoms with E-state index in [-0.39, 0.29) is 5.82 Å². The fraction of sp³-hybridized carbons (Fsp3) is 0.417. The van der Waals surface area contributed by atoms with Crippen molar-refractivity contribution in [3.05, 3.63) is 70.7 Å². The van der Waals surface area contributed by atoms with Gasteiger partial charge in [0.15, 0.2) is 0 Å². The van der Waals surface area contributed by atoms with Crippen molar-refractivity contribution >= 4 is 10.9 Å². The number of halogens is 1. The molecule has 1 aromatic heterocycles. The number of β-amino-alcohol motifs (C(OH)–C–C–N with tert-alkyl or cyclic N) is 1. The third-order valence-corrected chi connectivity index (χ3v) is 6.24. The van der Waals surface area contributed by atoms with Crippen LogP contribution in [0.1, 0.15) is 47.8 Å². The lowest BCUT2D eigenvalue weighted by Gasteiger charge is -2.28. The highest BCUT2D eigenvalue weighted by molar-refractivity contribution is 5.85. The Morgan fingerprint density at radius 3 is 2.62 bits per heavy atom. The van der Waals surface area contributed by atoms with Crippen molar-refractivity contribution in [2.75, 3.05) is 19.6 Å². The fourth-order valence-electron chi connectivity index (χ4n) is 4.64. The number of benzene rings is 2. The van der Waals surface area contributed by atoms with E-state index in [0.717, 1.165) is 40.7 Å². The number of fused-ring (bicyclic) bond motifs is 1. The van der Waals surface area contributed by atoms with Crippen molar-refractivity contribution in [3.63, 3.8) is 0 Å². The molecule has 4 nitrogen and oxygen atoms in total. The Hall–Kier alpha value is -2.21. The van der Waals surface area contributed by atoms with Crippen molar-refractivity contribution in [2.24, 2.45) is 0 Å². The van der Waals surface area contributed by atoms with E-state index >= 15 is 0 Å². The molecule has 0 unspecified atom stereocenters. The van der Waals surface area contributed by atoms with Gasteiger partial charge >= 0.3 is 0 Å². The van der Waals surface area contributed by atoms with E-state index < -0.39 is 11.7 Å². The summed E-state index contributed by atoms with van der Waals surface area (Å²) in [5.41, 5.74) is 4.02. The average molecular weight is 397 g/mol. The lowest BCUT2D eigenvalue weighted by molar-refractivity contribution is 0.0194. The van der Waals surface area contributed by atoms with E-state index in [2.05, 4.69) is 35.0 Å². The highest BCUT2D eigenvalue weighted by Gasteiger charge is 2.32. The van der Waals surface area contributed by atoms with E-state index in [4.69, 9.17) is 0 Å². The number of nitrogens with one attached hydrogen (secondary N) is 1. The van der Waals surface area contributed by atoms with Crippen LogP contribution >= 0.6 is 0 Å². The minimum atomic E-state index is -0.943. The standard InChI is InChI=1S/C24H29FN2O2/c1-16-4-9-20-21(14-16)26-17(2)23(20)22(28)15-27-12-3-10-24(29,11-13-27)18-5-7-19(25)8-6-18/h4-9,14,22,26,28-29H,3,10-13,15H2,1-2H3/t22-,24-/m0/s1. The third kappa shape index (κ3) is 4.08. The third-order valence-electron chi connectivity index (χ3n) is 6.24. The van der Waals surface area contributed by atoms with Crippen LogP contribution in [-0.4, -0.2) is 39.7 Å². The molecule has 3 N–H and O–H groups in total. The summed E-state index contributed by atoms with van der Waals surface area (Å²) < 4.78 is 13.2. The molecule has 4 rings (SSSR count). The summed E-state index contributed by atoms with van der Waals surface area (Å²) in [5, 5.41) is 23.2. The first-order chi connectivity index (χ1) is 13.9. The average Bonchev–Trinajstić information content (AvgIpc) is 2.88.